The molecule has 0 saturated heterocycles. The summed E-state index contributed by atoms with van der Waals surface area (Å²) in [5, 5.41) is 6.91. The highest BCUT2D eigenvalue weighted by Crippen LogP contribution is 2.15. The molecule has 0 bridgehead atoms. The molecule has 1 amide bonds. The van der Waals surface area contributed by atoms with Crippen LogP contribution in [0.1, 0.15) is 24.8 Å². The zero-order valence-corrected chi connectivity index (χ0v) is 15.4. The summed E-state index contributed by atoms with van der Waals surface area (Å²) in [6.07, 6.45) is 1.72. The summed E-state index contributed by atoms with van der Waals surface area (Å²) in [5.74, 6) is 1.98. The quantitative estimate of drug-likeness (QED) is 0.588. The molecule has 0 atom stereocenters. The Morgan fingerprint density at radius 3 is 2.63 bits per heavy atom. The number of hydrogen-bond donors (Lipinski definition) is 1. The Morgan fingerprint density at radius 1 is 1.11 bits per heavy atom. The van der Waals surface area contributed by atoms with E-state index in [0.29, 0.717) is 37.7 Å². The van der Waals surface area contributed by atoms with Gasteiger partial charge in [0.2, 0.25) is 17.6 Å². The number of nitrogens with zero attached hydrogens (tertiary/aromatic N) is 2. The summed E-state index contributed by atoms with van der Waals surface area (Å²) in [4.78, 5) is 16.4. The number of amides is 1. The molecule has 0 spiro atoms. The molecule has 0 unspecified atom stereocenters. The smallest absolute Gasteiger partial charge is 0.227 e. The highest BCUT2D eigenvalue weighted by atomic mass is 16.5. The maximum atomic E-state index is 12.0. The molecule has 6 nitrogen and oxygen atoms in total. The molecule has 0 aliphatic carbocycles. The highest BCUT2D eigenvalue weighted by Gasteiger charge is 2.08. The molecule has 3 rings (SSSR count). The number of rotatable bonds is 9. The standard InChI is InChI=1S/C21H23N3O3/c1-2-26-18-12-10-16(11-13-18)15-19(25)22-14-6-9-20-23-21(24-27-20)17-7-4-3-5-8-17/h3-5,7-8,10-13H,2,6,9,14-15H2,1H3,(H,22,25). The van der Waals surface area contributed by atoms with Crippen molar-refractivity contribution < 1.29 is 14.1 Å². The van der Waals surface area contributed by atoms with Crippen LogP contribution in [0.4, 0.5) is 0 Å². The van der Waals surface area contributed by atoms with Crippen LogP contribution in [0.3, 0.4) is 0 Å². The van der Waals surface area contributed by atoms with Gasteiger partial charge in [-0.25, -0.2) is 0 Å². The van der Waals surface area contributed by atoms with Gasteiger partial charge in [-0.2, -0.15) is 4.98 Å². The van der Waals surface area contributed by atoms with Gasteiger partial charge in [-0.3, -0.25) is 4.79 Å². The first-order chi connectivity index (χ1) is 13.2. The van der Waals surface area contributed by atoms with Crippen molar-refractivity contribution in [2.45, 2.75) is 26.2 Å². The number of ether oxygens (including phenoxy) is 1. The van der Waals surface area contributed by atoms with E-state index in [0.717, 1.165) is 23.3 Å². The second-order valence-electron chi connectivity index (χ2n) is 6.08. The summed E-state index contributed by atoms with van der Waals surface area (Å²) < 4.78 is 10.7. The summed E-state index contributed by atoms with van der Waals surface area (Å²) in [5.41, 5.74) is 1.89. The monoisotopic (exact) mass is 365 g/mol. The molecule has 1 aromatic heterocycles. The molecule has 27 heavy (non-hydrogen) atoms. The zero-order chi connectivity index (χ0) is 18.9. The predicted octanol–water partition coefficient (Wildman–Crippen LogP) is 3.43. The van der Waals surface area contributed by atoms with Crippen LogP contribution in [0.5, 0.6) is 5.75 Å². The maximum Gasteiger partial charge on any atom is 0.227 e. The van der Waals surface area contributed by atoms with Gasteiger partial charge in [0.25, 0.3) is 0 Å². The van der Waals surface area contributed by atoms with E-state index >= 15 is 0 Å². The Hall–Kier alpha value is -3.15. The normalized spacial score (nSPS) is 10.6. The molecule has 3 aromatic rings. The van der Waals surface area contributed by atoms with Gasteiger partial charge in [0, 0.05) is 18.5 Å². The van der Waals surface area contributed by atoms with Gasteiger partial charge in [-0.05, 0) is 31.0 Å². The van der Waals surface area contributed by atoms with Crippen LogP contribution in [0.2, 0.25) is 0 Å². The minimum absolute atomic E-state index is 0.00494. The molecule has 0 aliphatic rings. The molecule has 0 aliphatic heterocycles. The lowest BCUT2D eigenvalue weighted by atomic mass is 10.1. The molecular weight excluding hydrogens is 342 g/mol. The Labute approximate surface area is 158 Å². The van der Waals surface area contributed by atoms with E-state index in [4.69, 9.17) is 9.26 Å². The third kappa shape index (κ3) is 5.67. The van der Waals surface area contributed by atoms with Crippen molar-refractivity contribution in [2.24, 2.45) is 0 Å². The molecule has 2 aromatic carbocycles. The van der Waals surface area contributed by atoms with Crippen molar-refractivity contribution in [1.82, 2.24) is 15.5 Å². The third-order valence-electron chi connectivity index (χ3n) is 3.99. The number of hydrogen-bond acceptors (Lipinski definition) is 5. The number of nitrogens with one attached hydrogen (secondary N) is 1. The molecule has 0 fully saturated rings. The summed E-state index contributed by atoms with van der Waals surface area (Å²) in [6, 6.07) is 17.3. The van der Waals surface area contributed by atoms with Crippen LogP contribution in [-0.4, -0.2) is 29.2 Å². The van der Waals surface area contributed by atoms with E-state index in [1.54, 1.807) is 0 Å². The number of carbonyl (C=O) groups excluding carboxylic acids is 1. The predicted molar refractivity (Wildman–Crippen MR) is 102 cm³/mol. The van der Waals surface area contributed by atoms with E-state index in [9.17, 15) is 4.79 Å². The fraction of sp³-hybridized carbons (Fsp3) is 0.286. The van der Waals surface area contributed by atoms with Gasteiger partial charge in [0.05, 0.1) is 13.0 Å². The summed E-state index contributed by atoms with van der Waals surface area (Å²) in [6.45, 7) is 3.14. The first-order valence-electron chi connectivity index (χ1n) is 9.11. The second kappa shape index (κ2) is 9.52. The van der Waals surface area contributed by atoms with Gasteiger partial charge >= 0.3 is 0 Å². The number of carbonyl (C=O) groups is 1. The lowest BCUT2D eigenvalue weighted by molar-refractivity contribution is -0.120. The topological polar surface area (TPSA) is 77.2 Å². The summed E-state index contributed by atoms with van der Waals surface area (Å²) >= 11 is 0. The van der Waals surface area contributed by atoms with Crippen molar-refractivity contribution in [3.05, 3.63) is 66.1 Å². The molecule has 6 heteroatoms. The van der Waals surface area contributed by atoms with Gasteiger partial charge < -0.3 is 14.6 Å². The average molecular weight is 365 g/mol. The van der Waals surface area contributed by atoms with E-state index in [1.807, 2.05) is 61.5 Å². The first kappa shape index (κ1) is 18.6. The SMILES string of the molecule is CCOc1ccc(CC(=O)NCCCc2nc(-c3ccccc3)no2)cc1. The molecule has 1 N–H and O–H groups in total. The number of aromatic nitrogens is 2. The molecule has 1 heterocycles. The van der Waals surface area contributed by atoms with Crippen LogP contribution in [0.15, 0.2) is 59.1 Å². The Kier molecular flexibility index (Phi) is 6.57. The van der Waals surface area contributed by atoms with E-state index in [2.05, 4.69) is 15.5 Å². The second-order valence-corrected chi connectivity index (χ2v) is 6.08. The zero-order valence-electron chi connectivity index (χ0n) is 15.4. The lowest BCUT2D eigenvalue weighted by Crippen LogP contribution is -2.26. The van der Waals surface area contributed by atoms with Gasteiger partial charge in [0.1, 0.15) is 5.75 Å². The minimum Gasteiger partial charge on any atom is -0.494 e. The van der Waals surface area contributed by atoms with Crippen LogP contribution >= 0.6 is 0 Å². The number of benzene rings is 2. The fourth-order valence-corrected chi connectivity index (χ4v) is 2.65. The van der Waals surface area contributed by atoms with Crippen LogP contribution < -0.4 is 10.1 Å². The van der Waals surface area contributed by atoms with Crippen LogP contribution in [0.25, 0.3) is 11.4 Å². The largest absolute Gasteiger partial charge is 0.494 e. The average Bonchev–Trinajstić information content (AvgIpc) is 3.17. The fourth-order valence-electron chi connectivity index (χ4n) is 2.65. The lowest BCUT2D eigenvalue weighted by Gasteiger charge is -2.06. The van der Waals surface area contributed by atoms with Crippen LogP contribution in [0, 0.1) is 0 Å². The van der Waals surface area contributed by atoms with Crippen molar-refractivity contribution in [3.8, 4) is 17.1 Å². The van der Waals surface area contributed by atoms with Crippen LogP contribution in [-0.2, 0) is 17.6 Å². The van der Waals surface area contributed by atoms with E-state index < -0.39 is 0 Å². The first-order valence-corrected chi connectivity index (χ1v) is 9.11. The number of aryl methyl sites for hydroxylation is 1. The highest BCUT2D eigenvalue weighted by molar-refractivity contribution is 5.78. The molecule has 140 valence electrons. The van der Waals surface area contributed by atoms with E-state index in [-0.39, 0.29) is 5.91 Å². The van der Waals surface area contributed by atoms with Crippen molar-refractivity contribution in [1.29, 1.82) is 0 Å². The van der Waals surface area contributed by atoms with E-state index in [1.165, 1.54) is 0 Å². The van der Waals surface area contributed by atoms with Crippen molar-refractivity contribution in [2.75, 3.05) is 13.2 Å². The molecular formula is C21H23N3O3. The maximum absolute atomic E-state index is 12.0. The Bertz CT molecular complexity index is 845. The third-order valence-corrected chi connectivity index (χ3v) is 3.99. The molecule has 0 radical (unpaired) electrons. The molecule has 0 saturated carbocycles. The van der Waals surface area contributed by atoms with Crippen molar-refractivity contribution in [3.63, 3.8) is 0 Å². The van der Waals surface area contributed by atoms with Gasteiger partial charge in [-0.1, -0.05) is 47.6 Å². The van der Waals surface area contributed by atoms with Gasteiger partial charge in [-0.15, -0.1) is 0 Å². The minimum atomic E-state index is -0.00494. The Morgan fingerprint density at radius 2 is 1.89 bits per heavy atom. The Balaban J connectivity index is 1.38. The summed E-state index contributed by atoms with van der Waals surface area (Å²) in [7, 11) is 0. The van der Waals surface area contributed by atoms with Gasteiger partial charge in [0.15, 0.2) is 0 Å². The van der Waals surface area contributed by atoms with Crippen molar-refractivity contribution >= 4 is 5.91 Å².